The van der Waals surface area contributed by atoms with Gasteiger partial charge < -0.3 is 14.2 Å². The highest BCUT2D eigenvalue weighted by molar-refractivity contribution is 6.08. The third-order valence-corrected chi connectivity index (χ3v) is 4.54. The van der Waals surface area contributed by atoms with Gasteiger partial charge in [-0.1, -0.05) is 0 Å². The molecule has 4 heterocycles. The van der Waals surface area contributed by atoms with Crippen molar-refractivity contribution in [3.63, 3.8) is 0 Å². The van der Waals surface area contributed by atoms with E-state index in [1.54, 1.807) is 30.7 Å². The molecule has 0 aliphatic carbocycles. The largest absolute Gasteiger partial charge is 0.463 e. The number of hydrogen-bond acceptors (Lipinski definition) is 5. The second-order valence-electron chi connectivity index (χ2n) is 6.50. The highest BCUT2D eigenvalue weighted by atomic mass is 16.3. The van der Waals surface area contributed by atoms with E-state index in [0.29, 0.717) is 23.6 Å². The lowest BCUT2D eigenvalue weighted by molar-refractivity contribution is 0.0985. The summed E-state index contributed by atoms with van der Waals surface area (Å²) in [5, 5.41) is 0. The Labute approximate surface area is 152 Å². The Morgan fingerprint density at radius 1 is 1.19 bits per heavy atom. The average molecular weight is 348 g/mol. The highest BCUT2D eigenvalue weighted by Gasteiger charge is 2.28. The summed E-state index contributed by atoms with van der Waals surface area (Å²) in [6, 6.07) is 9.17. The number of hydrogen-bond donors (Lipinski definition) is 0. The van der Waals surface area contributed by atoms with E-state index in [-0.39, 0.29) is 5.91 Å². The van der Waals surface area contributed by atoms with Crippen molar-refractivity contribution < 1.29 is 9.21 Å². The van der Waals surface area contributed by atoms with Crippen LogP contribution in [-0.4, -0.2) is 36.5 Å². The van der Waals surface area contributed by atoms with Gasteiger partial charge in [-0.25, -0.2) is 4.98 Å². The maximum atomic E-state index is 13.3. The molecular weight excluding hydrogens is 328 g/mol. The smallest absolute Gasteiger partial charge is 0.258 e. The second kappa shape index (κ2) is 6.63. The lowest BCUT2D eigenvalue weighted by Gasteiger charge is -2.32. The molecule has 4 rings (SSSR count). The number of carbonyl (C=O) groups is 1. The first-order valence-corrected chi connectivity index (χ1v) is 8.62. The number of amides is 1. The van der Waals surface area contributed by atoms with Gasteiger partial charge in [0.2, 0.25) is 0 Å². The summed E-state index contributed by atoms with van der Waals surface area (Å²) in [6.45, 7) is 0.677. The maximum absolute atomic E-state index is 13.3. The fourth-order valence-electron chi connectivity index (χ4n) is 3.33. The van der Waals surface area contributed by atoms with Crippen LogP contribution in [0, 0.1) is 0 Å². The van der Waals surface area contributed by atoms with E-state index in [1.807, 2.05) is 42.2 Å². The molecule has 26 heavy (non-hydrogen) atoms. The van der Waals surface area contributed by atoms with Crippen molar-refractivity contribution in [2.45, 2.75) is 12.8 Å². The topological polar surface area (TPSA) is 62.5 Å². The molecule has 0 saturated heterocycles. The van der Waals surface area contributed by atoms with E-state index in [1.165, 1.54) is 0 Å². The van der Waals surface area contributed by atoms with Crippen LogP contribution in [0.3, 0.4) is 0 Å². The molecule has 0 bridgehead atoms. The molecule has 0 aromatic carbocycles. The minimum atomic E-state index is -0.0442. The predicted octanol–water partition coefficient (Wildman–Crippen LogP) is 3.40. The molecule has 1 aliphatic heterocycles. The molecule has 1 amide bonds. The minimum absolute atomic E-state index is 0.0442. The second-order valence-corrected chi connectivity index (χ2v) is 6.50. The van der Waals surface area contributed by atoms with Gasteiger partial charge in [0.25, 0.3) is 5.91 Å². The SMILES string of the molecule is CN(C)c1nccc2c1N(C(=O)c1ccnc(-c3ccco3)c1)CCC2. The zero-order valence-corrected chi connectivity index (χ0v) is 14.8. The molecule has 132 valence electrons. The standard InChI is InChI=1S/C20H20N4O2/c1-23(2)19-18-14(7-10-22-19)5-3-11-24(18)20(25)15-8-9-21-16(13-15)17-6-4-12-26-17/h4,6-10,12-13H,3,5,11H2,1-2H3. The van der Waals surface area contributed by atoms with E-state index < -0.39 is 0 Å². The highest BCUT2D eigenvalue weighted by Crippen LogP contribution is 2.35. The van der Waals surface area contributed by atoms with Crippen molar-refractivity contribution in [3.8, 4) is 11.5 Å². The van der Waals surface area contributed by atoms with Crippen LogP contribution in [0.2, 0.25) is 0 Å². The number of carbonyl (C=O) groups excluding carboxylic acids is 1. The maximum Gasteiger partial charge on any atom is 0.258 e. The van der Waals surface area contributed by atoms with E-state index in [9.17, 15) is 4.79 Å². The zero-order valence-electron chi connectivity index (χ0n) is 14.8. The molecule has 1 aliphatic rings. The Balaban J connectivity index is 1.74. The van der Waals surface area contributed by atoms with E-state index in [0.717, 1.165) is 29.9 Å². The van der Waals surface area contributed by atoms with Crippen molar-refractivity contribution in [2.75, 3.05) is 30.4 Å². The first-order valence-electron chi connectivity index (χ1n) is 8.62. The molecule has 6 nitrogen and oxygen atoms in total. The Morgan fingerprint density at radius 2 is 2.04 bits per heavy atom. The average Bonchev–Trinajstić information content (AvgIpc) is 3.21. The Bertz CT molecular complexity index is 935. The third kappa shape index (κ3) is 2.83. The number of furan rings is 1. The zero-order chi connectivity index (χ0) is 18.1. The van der Waals surface area contributed by atoms with Gasteiger partial charge in [0.15, 0.2) is 11.6 Å². The molecule has 3 aromatic rings. The van der Waals surface area contributed by atoms with Gasteiger partial charge in [0.1, 0.15) is 5.69 Å². The monoisotopic (exact) mass is 348 g/mol. The third-order valence-electron chi connectivity index (χ3n) is 4.54. The number of anilines is 2. The number of nitrogens with zero attached hydrogens (tertiary/aromatic N) is 4. The lowest BCUT2D eigenvalue weighted by Crippen LogP contribution is -2.37. The van der Waals surface area contributed by atoms with Crippen LogP contribution in [0.4, 0.5) is 11.5 Å². The predicted molar refractivity (Wildman–Crippen MR) is 101 cm³/mol. The van der Waals surface area contributed by atoms with Crippen LogP contribution in [0.1, 0.15) is 22.3 Å². The molecule has 0 N–H and O–H groups in total. The number of aromatic nitrogens is 2. The molecule has 6 heteroatoms. The van der Waals surface area contributed by atoms with Crippen LogP contribution in [0.5, 0.6) is 0 Å². The quantitative estimate of drug-likeness (QED) is 0.726. The van der Waals surface area contributed by atoms with Gasteiger partial charge in [0, 0.05) is 38.6 Å². The van der Waals surface area contributed by atoms with Crippen LogP contribution in [0.25, 0.3) is 11.5 Å². The van der Waals surface area contributed by atoms with Crippen molar-refractivity contribution in [2.24, 2.45) is 0 Å². The van der Waals surface area contributed by atoms with Gasteiger partial charge in [-0.3, -0.25) is 9.78 Å². The molecule has 0 radical (unpaired) electrons. The number of pyridine rings is 2. The molecule has 0 unspecified atom stereocenters. The number of aryl methyl sites for hydroxylation is 1. The van der Waals surface area contributed by atoms with Crippen molar-refractivity contribution in [1.82, 2.24) is 9.97 Å². The summed E-state index contributed by atoms with van der Waals surface area (Å²) < 4.78 is 5.40. The summed E-state index contributed by atoms with van der Waals surface area (Å²) in [5.41, 5.74) is 3.30. The van der Waals surface area contributed by atoms with Crippen molar-refractivity contribution in [1.29, 1.82) is 0 Å². The first-order chi connectivity index (χ1) is 12.6. The van der Waals surface area contributed by atoms with E-state index >= 15 is 0 Å². The van der Waals surface area contributed by atoms with Crippen molar-refractivity contribution in [3.05, 3.63) is 60.1 Å². The number of fused-ring (bicyclic) bond motifs is 1. The molecule has 0 fully saturated rings. The molecule has 0 atom stereocenters. The first kappa shape index (κ1) is 16.3. The van der Waals surface area contributed by atoms with E-state index in [2.05, 4.69) is 9.97 Å². The summed E-state index contributed by atoms with van der Waals surface area (Å²) in [7, 11) is 3.89. The van der Waals surface area contributed by atoms with Crippen LogP contribution in [0.15, 0.2) is 53.4 Å². The minimum Gasteiger partial charge on any atom is -0.463 e. The van der Waals surface area contributed by atoms with Gasteiger partial charge >= 0.3 is 0 Å². The van der Waals surface area contributed by atoms with Crippen LogP contribution >= 0.6 is 0 Å². The van der Waals surface area contributed by atoms with E-state index in [4.69, 9.17) is 4.42 Å². The van der Waals surface area contributed by atoms with Gasteiger partial charge in [-0.2, -0.15) is 0 Å². The van der Waals surface area contributed by atoms with Crippen LogP contribution in [-0.2, 0) is 6.42 Å². The molecular formula is C20H20N4O2. The molecule has 0 saturated carbocycles. The fourth-order valence-corrected chi connectivity index (χ4v) is 3.33. The van der Waals surface area contributed by atoms with Crippen molar-refractivity contribution >= 4 is 17.4 Å². The normalized spacial score (nSPS) is 13.4. The van der Waals surface area contributed by atoms with Crippen LogP contribution < -0.4 is 9.80 Å². The summed E-state index contributed by atoms with van der Waals surface area (Å²) in [4.78, 5) is 25.9. The Kier molecular flexibility index (Phi) is 4.16. The fraction of sp³-hybridized carbons (Fsp3) is 0.250. The molecule has 3 aromatic heterocycles. The van der Waals surface area contributed by atoms with Gasteiger partial charge in [-0.15, -0.1) is 0 Å². The van der Waals surface area contributed by atoms with Gasteiger partial charge in [-0.05, 0) is 48.7 Å². The summed E-state index contributed by atoms with van der Waals surface area (Å²) in [6.07, 6.45) is 6.94. The summed E-state index contributed by atoms with van der Waals surface area (Å²) >= 11 is 0. The number of rotatable bonds is 3. The molecule has 0 spiro atoms. The summed E-state index contributed by atoms with van der Waals surface area (Å²) in [5.74, 6) is 1.42. The Morgan fingerprint density at radius 3 is 2.81 bits per heavy atom. The lowest BCUT2D eigenvalue weighted by atomic mass is 10.0. The van der Waals surface area contributed by atoms with Gasteiger partial charge in [0.05, 0.1) is 12.0 Å². The Hall–Kier alpha value is -3.15.